The Morgan fingerprint density at radius 3 is 2.50 bits per heavy atom. The summed E-state index contributed by atoms with van der Waals surface area (Å²) in [6, 6.07) is 7.26. The predicted molar refractivity (Wildman–Crippen MR) is 82.6 cm³/mol. The molecule has 112 valence electrons. The van der Waals surface area contributed by atoms with Crippen LogP contribution in [0.15, 0.2) is 29.2 Å². The minimum absolute atomic E-state index is 0.0772. The summed E-state index contributed by atoms with van der Waals surface area (Å²) in [6.45, 7) is 5.14. The van der Waals surface area contributed by atoms with Gasteiger partial charge in [-0.15, -0.1) is 11.6 Å². The van der Waals surface area contributed by atoms with E-state index in [1.165, 1.54) is 5.56 Å². The van der Waals surface area contributed by atoms with Crippen LogP contribution in [0.25, 0.3) is 0 Å². The van der Waals surface area contributed by atoms with Gasteiger partial charge in [0.25, 0.3) is 0 Å². The molecule has 0 aliphatic carbocycles. The fourth-order valence-corrected chi connectivity index (χ4v) is 4.30. The normalized spacial score (nSPS) is 24.8. The molecule has 0 radical (unpaired) electrons. The Hall–Kier alpha value is -0.580. The Labute approximate surface area is 127 Å². The highest BCUT2D eigenvalue weighted by atomic mass is 35.5. The van der Waals surface area contributed by atoms with Crippen molar-refractivity contribution >= 4 is 21.6 Å². The minimum Gasteiger partial charge on any atom is -0.207 e. The monoisotopic (exact) mass is 315 g/mol. The highest BCUT2D eigenvalue weighted by molar-refractivity contribution is 7.89. The van der Waals surface area contributed by atoms with Crippen LogP contribution in [0.5, 0.6) is 0 Å². The van der Waals surface area contributed by atoms with Crippen LogP contribution in [0.2, 0.25) is 0 Å². The van der Waals surface area contributed by atoms with Gasteiger partial charge in [0.15, 0.2) is 0 Å². The molecular formula is C15H22ClNO2S. The van der Waals surface area contributed by atoms with Gasteiger partial charge in [-0.2, -0.15) is 4.31 Å². The lowest BCUT2D eigenvalue weighted by Gasteiger charge is -2.33. The highest BCUT2D eigenvalue weighted by Crippen LogP contribution is 2.26. The third kappa shape index (κ3) is 3.35. The molecule has 0 bridgehead atoms. The largest absolute Gasteiger partial charge is 0.243 e. The highest BCUT2D eigenvalue weighted by Gasteiger charge is 2.32. The average molecular weight is 316 g/mol. The molecule has 1 saturated heterocycles. The Bertz CT molecular complexity index is 541. The van der Waals surface area contributed by atoms with E-state index < -0.39 is 10.0 Å². The van der Waals surface area contributed by atoms with Gasteiger partial charge in [-0.1, -0.05) is 32.4 Å². The van der Waals surface area contributed by atoms with Crippen molar-refractivity contribution in [3.63, 3.8) is 0 Å². The van der Waals surface area contributed by atoms with Crippen LogP contribution < -0.4 is 0 Å². The molecule has 2 unspecified atom stereocenters. The summed E-state index contributed by atoms with van der Waals surface area (Å²) in [4.78, 5) is 0.387. The van der Waals surface area contributed by atoms with Crippen LogP contribution >= 0.6 is 11.6 Å². The summed E-state index contributed by atoms with van der Waals surface area (Å²) in [6.07, 6.45) is 2.76. The van der Waals surface area contributed by atoms with Gasteiger partial charge in [0.05, 0.1) is 4.90 Å². The number of alkyl halides is 1. The molecule has 1 aromatic rings. The standard InChI is InChI=1S/C15H22ClNO2S/c1-3-4-13-5-7-14(8-6-13)20(18,19)17-10-9-15(16)12(2)11-17/h5-8,12,15H,3-4,9-11H2,1-2H3. The molecule has 0 N–H and O–H groups in total. The first-order valence-electron chi connectivity index (χ1n) is 7.18. The Morgan fingerprint density at radius 1 is 1.30 bits per heavy atom. The molecule has 1 aliphatic heterocycles. The van der Waals surface area contributed by atoms with Gasteiger partial charge in [0.1, 0.15) is 0 Å². The van der Waals surface area contributed by atoms with E-state index in [0.29, 0.717) is 18.0 Å². The molecule has 0 aromatic heterocycles. The fourth-order valence-electron chi connectivity index (χ4n) is 2.56. The summed E-state index contributed by atoms with van der Waals surface area (Å²) < 4.78 is 26.7. The van der Waals surface area contributed by atoms with Crippen molar-refractivity contribution in [3.8, 4) is 0 Å². The van der Waals surface area contributed by atoms with E-state index in [9.17, 15) is 8.42 Å². The van der Waals surface area contributed by atoms with E-state index in [1.54, 1.807) is 16.4 Å². The summed E-state index contributed by atoms with van der Waals surface area (Å²) in [7, 11) is -3.38. The molecule has 1 fully saturated rings. The van der Waals surface area contributed by atoms with Crippen LogP contribution in [0.3, 0.4) is 0 Å². The summed E-state index contributed by atoms with van der Waals surface area (Å²) >= 11 is 6.16. The molecule has 1 aromatic carbocycles. The topological polar surface area (TPSA) is 37.4 Å². The van der Waals surface area contributed by atoms with Crippen LogP contribution in [-0.4, -0.2) is 31.2 Å². The number of hydrogen-bond donors (Lipinski definition) is 0. The van der Waals surface area contributed by atoms with Gasteiger partial charge < -0.3 is 0 Å². The van der Waals surface area contributed by atoms with Crippen molar-refractivity contribution < 1.29 is 8.42 Å². The van der Waals surface area contributed by atoms with E-state index in [4.69, 9.17) is 11.6 Å². The van der Waals surface area contributed by atoms with Crippen molar-refractivity contribution in [1.82, 2.24) is 4.31 Å². The van der Waals surface area contributed by atoms with Crippen molar-refractivity contribution in [1.29, 1.82) is 0 Å². The van der Waals surface area contributed by atoms with Crippen LogP contribution in [0.4, 0.5) is 0 Å². The van der Waals surface area contributed by atoms with Crippen molar-refractivity contribution in [2.45, 2.75) is 43.4 Å². The zero-order chi connectivity index (χ0) is 14.8. The maximum atomic E-state index is 12.6. The molecule has 0 amide bonds. The maximum Gasteiger partial charge on any atom is 0.243 e. The van der Waals surface area contributed by atoms with Crippen LogP contribution in [-0.2, 0) is 16.4 Å². The number of piperidine rings is 1. The molecule has 1 heterocycles. The molecule has 0 saturated carbocycles. The van der Waals surface area contributed by atoms with E-state index in [2.05, 4.69) is 6.92 Å². The third-order valence-corrected chi connectivity index (χ3v) is 6.39. The molecule has 1 aliphatic rings. The lowest BCUT2D eigenvalue weighted by atomic mass is 10.0. The number of rotatable bonds is 4. The molecule has 2 rings (SSSR count). The van der Waals surface area contributed by atoms with E-state index in [0.717, 1.165) is 19.3 Å². The average Bonchev–Trinajstić information content (AvgIpc) is 2.43. The second-order valence-electron chi connectivity index (χ2n) is 5.54. The molecule has 20 heavy (non-hydrogen) atoms. The first-order chi connectivity index (χ1) is 9.45. The Morgan fingerprint density at radius 2 is 1.95 bits per heavy atom. The zero-order valence-electron chi connectivity index (χ0n) is 12.0. The lowest BCUT2D eigenvalue weighted by molar-refractivity contribution is 0.286. The number of hydrogen-bond acceptors (Lipinski definition) is 2. The number of halogens is 1. The molecule has 5 heteroatoms. The molecule has 2 atom stereocenters. The van der Waals surface area contributed by atoms with Gasteiger partial charge >= 0.3 is 0 Å². The first-order valence-corrected chi connectivity index (χ1v) is 9.06. The van der Waals surface area contributed by atoms with Crippen LogP contribution in [0, 0.1) is 5.92 Å². The van der Waals surface area contributed by atoms with Crippen molar-refractivity contribution in [2.24, 2.45) is 5.92 Å². The molecular weight excluding hydrogens is 294 g/mol. The number of sulfonamides is 1. The number of aryl methyl sites for hydroxylation is 1. The van der Waals surface area contributed by atoms with E-state index >= 15 is 0 Å². The second-order valence-corrected chi connectivity index (χ2v) is 8.04. The van der Waals surface area contributed by atoms with Gasteiger partial charge in [-0.25, -0.2) is 8.42 Å². The SMILES string of the molecule is CCCc1ccc(S(=O)(=O)N2CCC(Cl)C(C)C2)cc1. The van der Waals surface area contributed by atoms with E-state index in [-0.39, 0.29) is 11.3 Å². The molecule has 3 nitrogen and oxygen atoms in total. The molecule has 0 spiro atoms. The third-order valence-electron chi connectivity index (χ3n) is 3.86. The van der Waals surface area contributed by atoms with Gasteiger partial charge in [0.2, 0.25) is 10.0 Å². The van der Waals surface area contributed by atoms with Gasteiger partial charge in [-0.05, 0) is 36.5 Å². The van der Waals surface area contributed by atoms with Crippen LogP contribution in [0.1, 0.15) is 32.3 Å². The Balaban J connectivity index is 2.17. The van der Waals surface area contributed by atoms with E-state index in [1.807, 2.05) is 19.1 Å². The maximum absolute atomic E-state index is 12.6. The summed E-state index contributed by atoms with van der Waals surface area (Å²) in [5.74, 6) is 0.194. The minimum atomic E-state index is -3.38. The number of benzene rings is 1. The van der Waals surface area contributed by atoms with Gasteiger partial charge in [0, 0.05) is 18.5 Å². The van der Waals surface area contributed by atoms with Crippen molar-refractivity contribution in [3.05, 3.63) is 29.8 Å². The van der Waals surface area contributed by atoms with Crippen molar-refractivity contribution in [2.75, 3.05) is 13.1 Å². The first kappa shape index (κ1) is 15.8. The Kier molecular flexibility index (Phi) is 5.10. The number of nitrogens with zero attached hydrogens (tertiary/aromatic N) is 1. The predicted octanol–water partition coefficient (Wildman–Crippen LogP) is 3.28. The smallest absolute Gasteiger partial charge is 0.207 e. The zero-order valence-corrected chi connectivity index (χ0v) is 13.6. The second kappa shape index (κ2) is 6.46. The fraction of sp³-hybridized carbons (Fsp3) is 0.600. The summed E-state index contributed by atoms with van der Waals surface area (Å²) in [5.41, 5.74) is 1.18. The summed E-state index contributed by atoms with van der Waals surface area (Å²) in [5, 5.41) is 0.0772. The lowest BCUT2D eigenvalue weighted by Crippen LogP contribution is -2.43. The quantitative estimate of drug-likeness (QED) is 0.800. The van der Waals surface area contributed by atoms with Gasteiger partial charge in [-0.3, -0.25) is 0 Å².